The van der Waals surface area contributed by atoms with Crippen LogP contribution in [-0.2, 0) is 30.7 Å². The zero-order chi connectivity index (χ0) is 24.1. The molecule has 3 aliphatic rings. The number of nitrogens with one attached hydrogen (secondary N) is 1. The fourth-order valence-corrected chi connectivity index (χ4v) is 5.60. The summed E-state index contributed by atoms with van der Waals surface area (Å²) >= 11 is 6.62. The molecule has 1 aromatic heterocycles. The number of anilines is 1. The summed E-state index contributed by atoms with van der Waals surface area (Å²) in [6, 6.07) is 13.1. The SMILES string of the molecule is CN1C(=O)C(N2CCc3c(nn(Cc4ccccc4)c3Cl)C2=O)COc2ccc3c(c21)CCNC3. The first-order valence-corrected chi connectivity index (χ1v) is 12.3. The zero-order valence-corrected chi connectivity index (χ0v) is 20.2. The molecule has 0 bridgehead atoms. The third-order valence-electron chi connectivity index (χ3n) is 7.16. The van der Waals surface area contributed by atoms with Crippen LogP contribution in [-0.4, -0.2) is 59.3 Å². The van der Waals surface area contributed by atoms with Gasteiger partial charge in [0.2, 0.25) is 0 Å². The Labute approximate surface area is 208 Å². The van der Waals surface area contributed by atoms with Crippen molar-refractivity contribution in [1.29, 1.82) is 0 Å². The summed E-state index contributed by atoms with van der Waals surface area (Å²) < 4.78 is 7.80. The molecule has 1 N–H and O–H groups in total. The van der Waals surface area contributed by atoms with E-state index in [4.69, 9.17) is 16.3 Å². The van der Waals surface area contributed by atoms with Crippen LogP contribution in [0.3, 0.4) is 0 Å². The molecular formula is C26H26ClN5O3. The lowest BCUT2D eigenvalue weighted by atomic mass is 9.97. The number of carbonyl (C=O) groups excluding carboxylic acids is 2. The van der Waals surface area contributed by atoms with Gasteiger partial charge in [-0.2, -0.15) is 5.10 Å². The first-order chi connectivity index (χ1) is 17.0. The highest BCUT2D eigenvalue weighted by atomic mass is 35.5. The molecule has 6 rings (SSSR count). The van der Waals surface area contributed by atoms with Gasteiger partial charge in [0, 0.05) is 25.7 Å². The predicted octanol–water partition coefficient (Wildman–Crippen LogP) is 2.65. The average Bonchev–Trinajstić information content (AvgIpc) is 3.13. The lowest BCUT2D eigenvalue weighted by Gasteiger charge is -2.33. The van der Waals surface area contributed by atoms with Gasteiger partial charge < -0.3 is 19.9 Å². The molecule has 0 saturated heterocycles. The molecule has 2 aromatic carbocycles. The first kappa shape index (κ1) is 22.1. The number of amides is 2. The lowest BCUT2D eigenvalue weighted by Crippen LogP contribution is -2.54. The molecular weight excluding hydrogens is 466 g/mol. The molecule has 0 radical (unpaired) electrons. The van der Waals surface area contributed by atoms with Gasteiger partial charge >= 0.3 is 0 Å². The van der Waals surface area contributed by atoms with E-state index in [1.807, 2.05) is 36.4 Å². The number of benzene rings is 2. The van der Waals surface area contributed by atoms with Crippen molar-refractivity contribution in [2.75, 3.05) is 31.6 Å². The topological polar surface area (TPSA) is 79.7 Å². The molecule has 0 saturated carbocycles. The van der Waals surface area contributed by atoms with E-state index in [1.54, 1.807) is 21.5 Å². The number of hydrogen-bond donors (Lipinski definition) is 1. The number of aromatic nitrogens is 2. The number of nitrogens with zero attached hydrogens (tertiary/aromatic N) is 4. The molecule has 8 nitrogen and oxygen atoms in total. The van der Waals surface area contributed by atoms with E-state index in [2.05, 4.69) is 16.5 Å². The summed E-state index contributed by atoms with van der Waals surface area (Å²) in [5.41, 5.74) is 5.23. The summed E-state index contributed by atoms with van der Waals surface area (Å²) in [4.78, 5) is 30.5. The van der Waals surface area contributed by atoms with Gasteiger partial charge in [-0.25, -0.2) is 4.68 Å². The van der Waals surface area contributed by atoms with Crippen LogP contribution in [0.4, 0.5) is 5.69 Å². The first-order valence-electron chi connectivity index (χ1n) is 11.9. The number of carbonyl (C=O) groups is 2. The maximum atomic E-state index is 13.6. The van der Waals surface area contributed by atoms with E-state index in [0.717, 1.165) is 41.9 Å². The monoisotopic (exact) mass is 491 g/mol. The minimum atomic E-state index is -0.733. The van der Waals surface area contributed by atoms with E-state index in [0.29, 0.717) is 36.1 Å². The van der Waals surface area contributed by atoms with E-state index < -0.39 is 6.04 Å². The van der Waals surface area contributed by atoms with Crippen LogP contribution in [0.15, 0.2) is 42.5 Å². The lowest BCUT2D eigenvalue weighted by molar-refractivity contribution is -0.123. The average molecular weight is 492 g/mol. The van der Waals surface area contributed by atoms with Crippen LogP contribution < -0.4 is 15.0 Å². The molecule has 2 amide bonds. The van der Waals surface area contributed by atoms with Gasteiger partial charge in [-0.15, -0.1) is 0 Å². The molecule has 0 fully saturated rings. The van der Waals surface area contributed by atoms with Gasteiger partial charge in [-0.1, -0.05) is 48.0 Å². The number of hydrogen-bond acceptors (Lipinski definition) is 5. The smallest absolute Gasteiger partial charge is 0.275 e. The maximum Gasteiger partial charge on any atom is 0.275 e. The van der Waals surface area contributed by atoms with Crippen LogP contribution >= 0.6 is 11.6 Å². The van der Waals surface area contributed by atoms with Crippen molar-refractivity contribution >= 4 is 29.1 Å². The molecule has 35 heavy (non-hydrogen) atoms. The van der Waals surface area contributed by atoms with Gasteiger partial charge in [0.25, 0.3) is 11.8 Å². The Morgan fingerprint density at radius 3 is 2.77 bits per heavy atom. The van der Waals surface area contributed by atoms with E-state index in [-0.39, 0.29) is 18.4 Å². The number of ether oxygens (including phenoxy) is 1. The van der Waals surface area contributed by atoms with Gasteiger partial charge in [0.1, 0.15) is 23.6 Å². The van der Waals surface area contributed by atoms with Crippen molar-refractivity contribution < 1.29 is 14.3 Å². The molecule has 4 heterocycles. The van der Waals surface area contributed by atoms with Crippen molar-refractivity contribution in [3.05, 3.63) is 75.6 Å². The maximum absolute atomic E-state index is 13.6. The van der Waals surface area contributed by atoms with Gasteiger partial charge in [-0.05, 0) is 42.1 Å². The molecule has 180 valence electrons. The number of rotatable bonds is 3. The minimum absolute atomic E-state index is 0.104. The highest BCUT2D eigenvalue weighted by Gasteiger charge is 2.41. The minimum Gasteiger partial charge on any atom is -0.489 e. The Kier molecular flexibility index (Phi) is 5.50. The van der Waals surface area contributed by atoms with Crippen molar-refractivity contribution in [3.8, 4) is 5.75 Å². The van der Waals surface area contributed by atoms with Crippen LogP contribution in [0, 0.1) is 0 Å². The quantitative estimate of drug-likeness (QED) is 0.609. The molecule has 3 aromatic rings. The van der Waals surface area contributed by atoms with Gasteiger partial charge in [-0.3, -0.25) is 9.59 Å². The van der Waals surface area contributed by atoms with Crippen molar-refractivity contribution in [1.82, 2.24) is 20.0 Å². The van der Waals surface area contributed by atoms with E-state index in [1.165, 1.54) is 5.56 Å². The van der Waals surface area contributed by atoms with Crippen LogP contribution in [0.25, 0.3) is 0 Å². The Morgan fingerprint density at radius 1 is 1.11 bits per heavy atom. The van der Waals surface area contributed by atoms with E-state index in [9.17, 15) is 9.59 Å². The molecule has 3 aliphatic heterocycles. The molecule has 0 spiro atoms. The third-order valence-corrected chi connectivity index (χ3v) is 7.58. The number of fused-ring (bicyclic) bond motifs is 4. The highest BCUT2D eigenvalue weighted by molar-refractivity contribution is 6.31. The molecule has 0 aliphatic carbocycles. The summed E-state index contributed by atoms with van der Waals surface area (Å²) in [7, 11) is 1.77. The predicted molar refractivity (Wildman–Crippen MR) is 132 cm³/mol. The normalized spacial score (nSPS) is 19.5. The second-order valence-electron chi connectivity index (χ2n) is 9.21. The molecule has 1 atom stereocenters. The van der Waals surface area contributed by atoms with Crippen molar-refractivity contribution in [2.24, 2.45) is 0 Å². The van der Waals surface area contributed by atoms with Crippen LogP contribution in [0.5, 0.6) is 5.75 Å². The van der Waals surface area contributed by atoms with Crippen LogP contribution in [0.2, 0.25) is 5.15 Å². The second kappa shape index (κ2) is 8.70. The van der Waals surface area contributed by atoms with E-state index >= 15 is 0 Å². The summed E-state index contributed by atoms with van der Waals surface area (Å²) in [6.45, 7) is 2.59. The van der Waals surface area contributed by atoms with Gasteiger partial charge in [0.05, 0.1) is 12.2 Å². The van der Waals surface area contributed by atoms with Gasteiger partial charge in [0.15, 0.2) is 5.69 Å². The fraction of sp³-hybridized carbons (Fsp3) is 0.346. The Balaban J connectivity index is 1.29. The molecule has 1 unspecified atom stereocenters. The molecule has 9 heteroatoms. The largest absolute Gasteiger partial charge is 0.489 e. The fourth-order valence-electron chi connectivity index (χ4n) is 5.32. The van der Waals surface area contributed by atoms with Crippen LogP contribution in [0.1, 0.15) is 32.7 Å². The Morgan fingerprint density at radius 2 is 1.94 bits per heavy atom. The number of halogens is 1. The second-order valence-corrected chi connectivity index (χ2v) is 9.57. The summed E-state index contributed by atoms with van der Waals surface area (Å²) in [5.74, 6) is 0.249. The van der Waals surface area contributed by atoms with Crippen molar-refractivity contribution in [2.45, 2.75) is 32.0 Å². The standard InChI is InChI=1S/C26H26ClN5O3/c1-30-23-18-9-11-28-13-17(18)7-8-21(23)35-15-20(25(30)33)31-12-10-19-22(26(31)34)29-32(24(19)27)14-16-5-3-2-4-6-16/h2-8,20,28H,9-15H2,1H3. The highest BCUT2D eigenvalue weighted by Crippen LogP contribution is 2.38. The Hall–Kier alpha value is -3.36. The third kappa shape index (κ3) is 3.68. The summed E-state index contributed by atoms with van der Waals surface area (Å²) in [6.07, 6.45) is 1.36. The zero-order valence-electron chi connectivity index (χ0n) is 19.5. The Bertz CT molecular complexity index is 1320. The van der Waals surface area contributed by atoms with Crippen molar-refractivity contribution in [3.63, 3.8) is 0 Å². The number of likely N-dealkylation sites (N-methyl/N-ethyl adjacent to an activating group) is 1. The summed E-state index contributed by atoms with van der Waals surface area (Å²) in [5, 5.41) is 8.40.